The third-order valence-corrected chi connectivity index (χ3v) is 2.60. The van der Waals surface area contributed by atoms with E-state index in [2.05, 4.69) is 10.6 Å². The van der Waals surface area contributed by atoms with Crippen LogP contribution in [0, 0.1) is 5.82 Å². The fraction of sp³-hybridized carbons (Fsp3) is 0.143. The minimum Gasteiger partial charge on any atom is -0.472 e. The van der Waals surface area contributed by atoms with Crippen LogP contribution in [0.5, 0.6) is 0 Å². The number of benzene rings is 1. The number of furan rings is 1. The number of halogens is 1. The maximum absolute atomic E-state index is 12.7. The van der Waals surface area contributed by atoms with E-state index in [1.165, 1.54) is 30.7 Å². The zero-order valence-electron chi connectivity index (χ0n) is 10.6. The van der Waals surface area contributed by atoms with Crippen molar-refractivity contribution in [2.75, 3.05) is 6.54 Å². The Hall–Kier alpha value is -2.63. The molecule has 104 valence electrons. The molecule has 1 aromatic heterocycles. The molecular weight excluding hydrogens is 263 g/mol. The number of carbonyl (C=O) groups excluding carboxylic acids is 2. The van der Waals surface area contributed by atoms with Gasteiger partial charge in [0.2, 0.25) is 5.91 Å². The van der Waals surface area contributed by atoms with Crippen molar-refractivity contribution >= 4 is 11.8 Å². The van der Waals surface area contributed by atoms with Crippen molar-refractivity contribution in [2.45, 2.75) is 6.54 Å². The Labute approximate surface area is 114 Å². The van der Waals surface area contributed by atoms with Gasteiger partial charge in [-0.25, -0.2) is 4.39 Å². The van der Waals surface area contributed by atoms with Crippen molar-refractivity contribution in [1.29, 1.82) is 0 Å². The fourth-order valence-electron chi connectivity index (χ4n) is 1.52. The summed E-state index contributed by atoms with van der Waals surface area (Å²) >= 11 is 0. The van der Waals surface area contributed by atoms with Gasteiger partial charge in [-0.3, -0.25) is 9.59 Å². The lowest BCUT2D eigenvalue weighted by molar-refractivity contribution is -0.120. The van der Waals surface area contributed by atoms with E-state index in [9.17, 15) is 14.0 Å². The highest BCUT2D eigenvalue weighted by Gasteiger charge is 2.08. The molecule has 0 aliphatic carbocycles. The lowest BCUT2D eigenvalue weighted by atomic mass is 10.2. The minimum atomic E-state index is -0.379. The van der Waals surface area contributed by atoms with Gasteiger partial charge in [-0.2, -0.15) is 0 Å². The Morgan fingerprint density at radius 1 is 1.10 bits per heavy atom. The number of nitrogens with one attached hydrogen (secondary N) is 2. The monoisotopic (exact) mass is 276 g/mol. The Bertz CT molecular complexity index is 579. The van der Waals surface area contributed by atoms with Crippen molar-refractivity contribution in [3.05, 3.63) is 59.8 Å². The van der Waals surface area contributed by atoms with Crippen LogP contribution in [0.1, 0.15) is 15.9 Å². The highest BCUT2D eigenvalue weighted by atomic mass is 19.1. The molecule has 2 rings (SSSR count). The molecule has 1 heterocycles. The van der Waals surface area contributed by atoms with Crippen LogP contribution in [0.2, 0.25) is 0 Å². The van der Waals surface area contributed by atoms with E-state index in [4.69, 9.17) is 4.42 Å². The van der Waals surface area contributed by atoms with Crippen LogP contribution in [-0.2, 0) is 11.3 Å². The first kappa shape index (κ1) is 13.8. The van der Waals surface area contributed by atoms with E-state index in [1.807, 2.05) is 0 Å². The highest BCUT2D eigenvalue weighted by Crippen LogP contribution is 2.02. The van der Waals surface area contributed by atoms with Crippen molar-refractivity contribution < 1.29 is 18.4 Å². The third-order valence-electron chi connectivity index (χ3n) is 2.60. The molecule has 2 N–H and O–H groups in total. The minimum absolute atomic E-state index is 0.134. The average Bonchev–Trinajstić information content (AvgIpc) is 2.98. The first-order valence-corrected chi connectivity index (χ1v) is 5.96. The summed E-state index contributed by atoms with van der Waals surface area (Å²) in [5, 5.41) is 5.08. The quantitative estimate of drug-likeness (QED) is 0.868. The summed E-state index contributed by atoms with van der Waals surface area (Å²) in [5.74, 6) is -1.03. The Kier molecular flexibility index (Phi) is 4.49. The Morgan fingerprint density at radius 3 is 2.50 bits per heavy atom. The van der Waals surface area contributed by atoms with E-state index in [0.717, 1.165) is 5.56 Å². The summed E-state index contributed by atoms with van der Waals surface area (Å²) in [6.07, 6.45) is 2.68. The second-order valence-corrected chi connectivity index (χ2v) is 4.10. The molecule has 0 saturated heterocycles. The Morgan fingerprint density at radius 2 is 1.85 bits per heavy atom. The van der Waals surface area contributed by atoms with Gasteiger partial charge in [-0.1, -0.05) is 12.1 Å². The van der Waals surface area contributed by atoms with Crippen LogP contribution in [-0.4, -0.2) is 18.4 Å². The molecule has 0 aliphatic rings. The second kappa shape index (κ2) is 6.51. The lowest BCUT2D eigenvalue weighted by Gasteiger charge is -2.06. The smallest absolute Gasteiger partial charge is 0.254 e. The van der Waals surface area contributed by atoms with Crippen LogP contribution in [0.4, 0.5) is 4.39 Å². The van der Waals surface area contributed by atoms with E-state index >= 15 is 0 Å². The molecule has 0 unspecified atom stereocenters. The van der Waals surface area contributed by atoms with Crippen molar-refractivity contribution in [1.82, 2.24) is 10.6 Å². The van der Waals surface area contributed by atoms with Gasteiger partial charge in [-0.15, -0.1) is 0 Å². The van der Waals surface area contributed by atoms with Gasteiger partial charge in [0.1, 0.15) is 12.1 Å². The van der Waals surface area contributed by atoms with Crippen LogP contribution in [0.3, 0.4) is 0 Å². The molecule has 0 saturated carbocycles. The fourth-order valence-corrected chi connectivity index (χ4v) is 1.52. The number of rotatable bonds is 5. The van der Waals surface area contributed by atoms with Gasteiger partial charge in [0.25, 0.3) is 5.91 Å². The third kappa shape index (κ3) is 3.94. The predicted octanol–water partition coefficient (Wildman–Crippen LogP) is 1.46. The molecule has 2 amide bonds. The molecule has 0 atom stereocenters. The van der Waals surface area contributed by atoms with Gasteiger partial charge >= 0.3 is 0 Å². The maximum atomic E-state index is 12.7. The van der Waals surface area contributed by atoms with Crippen molar-refractivity contribution in [3.63, 3.8) is 0 Å². The molecule has 1 aromatic carbocycles. The maximum Gasteiger partial charge on any atom is 0.254 e. The summed E-state index contributed by atoms with van der Waals surface area (Å²) in [6.45, 7) is 0.145. The van der Waals surface area contributed by atoms with Gasteiger partial charge in [0.05, 0.1) is 18.4 Å². The number of amides is 2. The second-order valence-electron chi connectivity index (χ2n) is 4.10. The van der Waals surface area contributed by atoms with Crippen molar-refractivity contribution in [2.24, 2.45) is 0 Å². The molecule has 2 aromatic rings. The van der Waals surface area contributed by atoms with Crippen LogP contribution >= 0.6 is 0 Å². The molecule has 5 nitrogen and oxygen atoms in total. The average molecular weight is 276 g/mol. The van der Waals surface area contributed by atoms with Gasteiger partial charge < -0.3 is 15.1 Å². The summed E-state index contributed by atoms with van der Waals surface area (Å²) in [5.41, 5.74) is 1.14. The summed E-state index contributed by atoms with van der Waals surface area (Å²) < 4.78 is 17.5. The largest absolute Gasteiger partial charge is 0.472 e. The van der Waals surface area contributed by atoms with Crippen LogP contribution in [0.25, 0.3) is 0 Å². The zero-order valence-corrected chi connectivity index (χ0v) is 10.6. The first-order valence-electron chi connectivity index (χ1n) is 5.96. The van der Waals surface area contributed by atoms with Crippen molar-refractivity contribution in [3.8, 4) is 0 Å². The zero-order chi connectivity index (χ0) is 14.4. The standard InChI is InChI=1S/C14H13FN2O3/c15-12-3-1-10(2-4-12)7-16-13(18)8-17-14(19)11-5-6-20-9-11/h1-6,9H,7-8H2,(H,16,18)(H,17,19). The molecule has 0 aliphatic heterocycles. The molecule has 6 heteroatoms. The first-order chi connectivity index (χ1) is 9.65. The lowest BCUT2D eigenvalue weighted by Crippen LogP contribution is -2.36. The molecule has 0 spiro atoms. The molecule has 0 fully saturated rings. The van der Waals surface area contributed by atoms with Crippen LogP contribution < -0.4 is 10.6 Å². The van der Waals surface area contributed by atoms with E-state index in [1.54, 1.807) is 12.1 Å². The van der Waals surface area contributed by atoms with E-state index in [0.29, 0.717) is 5.56 Å². The summed E-state index contributed by atoms with van der Waals surface area (Å²) in [6, 6.07) is 7.31. The molecular formula is C14H13FN2O3. The Balaban J connectivity index is 1.73. The van der Waals surface area contributed by atoms with Gasteiger partial charge in [0.15, 0.2) is 0 Å². The van der Waals surface area contributed by atoms with Crippen LogP contribution in [0.15, 0.2) is 47.3 Å². The molecule has 0 radical (unpaired) electrons. The highest BCUT2D eigenvalue weighted by molar-refractivity contribution is 5.96. The number of hydrogen-bond acceptors (Lipinski definition) is 3. The number of hydrogen-bond donors (Lipinski definition) is 2. The number of carbonyl (C=O) groups is 2. The topological polar surface area (TPSA) is 71.3 Å². The molecule has 0 bridgehead atoms. The molecule has 20 heavy (non-hydrogen) atoms. The predicted molar refractivity (Wildman–Crippen MR) is 69.3 cm³/mol. The van der Waals surface area contributed by atoms with E-state index in [-0.39, 0.29) is 30.7 Å². The van der Waals surface area contributed by atoms with Gasteiger partial charge in [-0.05, 0) is 23.8 Å². The van der Waals surface area contributed by atoms with Gasteiger partial charge in [0, 0.05) is 6.54 Å². The SMILES string of the molecule is O=C(CNC(=O)c1ccoc1)NCc1ccc(F)cc1. The van der Waals surface area contributed by atoms with E-state index < -0.39 is 0 Å². The summed E-state index contributed by atoms with van der Waals surface area (Å²) in [4.78, 5) is 23.1. The normalized spacial score (nSPS) is 10.1. The summed E-state index contributed by atoms with van der Waals surface area (Å²) in [7, 11) is 0.